The largest absolute Gasteiger partial charge is 0.497 e. The quantitative estimate of drug-likeness (QED) is 0.273. The first kappa shape index (κ1) is 23.4. The summed E-state index contributed by atoms with van der Waals surface area (Å²) in [6.45, 7) is 5.02. The summed E-state index contributed by atoms with van der Waals surface area (Å²) in [6.07, 6.45) is 0.849. The predicted octanol–water partition coefficient (Wildman–Crippen LogP) is 5.89. The second kappa shape index (κ2) is 10.9. The van der Waals surface area contributed by atoms with E-state index in [9.17, 15) is 4.79 Å². The lowest BCUT2D eigenvalue weighted by molar-refractivity contribution is 0.0322. The molecule has 0 spiro atoms. The highest BCUT2D eigenvalue weighted by atomic mass is 32.1. The van der Waals surface area contributed by atoms with Crippen molar-refractivity contribution in [3.63, 3.8) is 0 Å². The van der Waals surface area contributed by atoms with E-state index in [4.69, 9.17) is 18.9 Å². The number of nitrogens with zero attached hydrogens (tertiary/aromatic N) is 1. The van der Waals surface area contributed by atoms with Crippen molar-refractivity contribution in [1.82, 2.24) is 4.90 Å². The van der Waals surface area contributed by atoms with Gasteiger partial charge in [-0.05, 0) is 48.0 Å². The third-order valence-corrected chi connectivity index (χ3v) is 7.17. The third kappa shape index (κ3) is 5.48. The van der Waals surface area contributed by atoms with Crippen molar-refractivity contribution >= 4 is 27.7 Å². The van der Waals surface area contributed by atoms with E-state index in [0.29, 0.717) is 12.2 Å². The maximum absolute atomic E-state index is 11.1. The first-order chi connectivity index (χ1) is 17.2. The molecule has 1 aromatic heterocycles. The van der Waals surface area contributed by atoms with Crippen molar-refractivity contribution in [2.45, 2.75) is 0 Å². The Morgan fingerprint density at radius 2 is 1.66 bits per heavy atom. The van der Waals surface area contributed by atoms with Crippen LogP contribution in [0.2, 0.25) is 0 Å². The molecule has 5 rings (SSSR count). The topological polar surface area (TPSA) is 57.2 Å². The number of hydrogen-bond donors (Lipinski definition) is 0. The van der Waals surface area contributed by atoms with E-state index in [2.05, 4.69) is 4.90 Å². The van der Waals surface area contributed by atoms with Crippen LogP contribution in [0.1, 0.15) is 10.4 Å². The molecule has 0 amide bonds. The molecule has 1 aliphatic heterocycles. The van der Waals surface area contributed by atoms with Gasteiger partial charge in [0.2, 0.25) is 0 Å². The first-order valence-electron chi connectivity index (χ1n) is 11.6. The molecule has 1 saturated heterocycles. The van der Waals surface area contributed by atoms with Gasteiger partial charge in [0.25, 0.3) is 0 Å². The number of methoxy groups -OCH3 is 1. The number of rotatable bonds is 9. The summed E-state index contributed by atoms with van der Waals surface area (Å²) in [7, 11) is 1.66. The van der Waals surface area contributed by atoms with Crippen molar-refractivity contribution in [3.8, 4) is 33.4 Å². The van der Waals surface area contributed by atoms with Crippen molar-refractivity contribution in [3.05, 3.63) is 72.3 Å². The minimum absolute atomic E-state index is 0.637. The molecule has 7 heteroatoms. The molecule has 0 atom stereocenters. The Labute approximate surface area is 208 Å². The van der Waals surface area contributed by atoms with Crippen LogP contribution in [0.15, 0.2) is 66.7 Å². The van der Waals surface area contributed by atoms with E-state index < -0.39 is 0 Å². The van der Waals surface area contributed by atoms with E-state index in [1.54, 1.807) is 18.4 Å². The van der Waals surface area contributed by atoms with Crippen molar-refractivity contribution in [1.29, 1.82) is 0 Å². The molecule has 4 aromatic rings. The Kier molecular flexibility index (Phi) is 7.28. The van der Waals surface area contributed by atoms with Crippen molar-refractivity contribution in [2.75, 3.05) is 46.6 Å². The third-order valence-electron chi connectivity index (χ3n) is 5.98. The van der Waals surface area contributed by atoms with Gasteiger partial charge in [-0.2, -0.15) is 0 Å². The van der Waals surface area contributed by atoms with Crippen LogP contribution in [0.3, 0.4) is 0 Å². The number of ether oxygens (including phenoxy) is 4. The summed E-state index contributed by atoms with van der Waals surface area (Å²) in [5.41, 5.74) is 1.64. The smallest absolute Gasteiger partial charge is 0.153 e. The minimum Gasteiger partial charge on any atom is -0.497 e. The Bertz CT molecular complexity index is 1280. The fraction of sp³-hybridized carbons (Fsp3) is 0.250. The van der Waals surface area contributed by atoms with E-state index >= 15 is 0 Å². The van der Waals surface area contributed by atoms with Crippen LogP contribution < -0.4 is 14.2 Å². The summed E-state index contributed by atoms with van der Waals surface area (Å²) in [4.78, 5) is 14.4. The highest BCUT2D eigenvalue weighted by Gasteiger charge is 2.17. The Balaban J connectivity index is 1.35. The number of morpholine rings is 1. The van der Waals surface area contributed by atoms with Crippen LogP contribution in [0.25, 0.3) is 20.5 Å². The number of thiophene rings is 1. The predicted molar refractivity (Wildman–Crippen MR) is 138 cm³/mol. The van der Waals surface area contributed by atoms with Crippen LogP contribution >= 0.6 is 11.3 Å². The molecule has 6 nitrogen and oxygen atoms in total. The molecule has 3 aromatic carbocycles. The maximum Gasteiger partial charge on any atom is 0.153 e. The molecule has 2 heterocycles. The first-order valence-corrected chi connectivity index (χ1v) is 12.4. The zero-order chi connectivity index (χ0) is 24.0. The molecular formula is C28H27NO5S. The second-order valence-electron chi connectivity index (χ2n) is 8.24. The van der Waals surface area contributed by atoms with Crippen LogP contribution in [0.5, 0.6) is 23.0 Å². The zero-order valence-electron chi connectivity index (χ0n) is 19.6. The number of carbonyl (C=O) groups excluding carboxylic acids is 1. The van der Waals surface area contributed by atoms with Gasteiger partial charge in [-0.3, -0.25) is 9.69 Å². The highest BCUT2D eigenvalue weighted by Crippen LogP contribution is 2.47. The van der Waals surface area contributed by atoms with Crippen LogP contribution in [0, 0.1) is 0 Å². The van der Waals surface area contributed by atoms with E-state index in [1.165, 1.54) is 0 Å². The van der Waals surface area contributed by atoms with Gasteiger partial charge in [-0.25, -0.2) is 0 Å². The minimum atomic E-state index is 0.637. The molecule has 0 unspecified atom stereocenters. The van der Waals surface area contributed by atoms with Gasteiger partial charge in [0.15, 0.2) is 5.75 Å². The van der Waals surface area contributed by atoms with Gasteiger partial charge in [-0.1, -0.05) is 24.3 Å². The molecule has 35 heavy (non-hydrogen) atoms. The van der Waals surface area contributed by atoms with Crippen LogP contribution in [0.4, 0.5) is 0 Å². The fourth-order valence-corrected chi connectivity index (χ4v) is 5.19. The summed E-state index contributed by atoms with van der Waals surface area (Å²) >= 11 is 1.64. The molecule has 0 aliphatic carbocycles. The molecule has 0 bridgehead atoms. The SMILES string of the molecule is COc1ccc2c(Oc3ccc(OCCN4CCOCC4)cc3)c(-c3ccc(C=O)cc3)sc2c1. The standard InChI is InChI=1S/C28H27NO5S/c1-31-24-10-11-25-26(18-24)35-28(21-4-2-20(19-30)3-5-21)27(25)34-23-8-6-22(7-9-23)33-17-14-29-12-15-32-16-13-29/h2-11,18-19H,12-17H2,1H3. The van der Waals surface area contributed by atoms with Gasteiger partial charge in [0.1, 0.15) is 30.1 Å². The van der Waals surface area contributed by atoms with Gasteiger partial charge < -0.3 is 18.9 Å². The lowest BCUT2D eigenvalue weighted by atomic mass is 10.1. The van der Waals surface area contributed by atoms with Crippen LogP contribution in [-0.2, 0) is 4.74 Å². The number of fused-ring (bicyclic) bond motifs is 1. The van der Waals surface area contributed by atoms with Crippen LogP contribution in [-0.4, -0.2) is 57.8 Å². The molecule has 1 fully saturated rings. The fourth-order valence-electron chi connectivity index (χ4n) is 4.02. The molecule has 0 N–H and O–H groups in total. The Morgan fingerprint density at radius 1 is 0.943 bits per heavy atom. The summed E-state index contributed by atoms with van der Waals surface area (Å²) in [5, 5.41) is 1.01. The van der Waals surface area contributed by atoms with Gasteiger partial charge in [0, 0.05) is 35.3 Å². The Morgan fingerprint density at radius 3 is 2.37 bits per heavy atom. The second-order valence-corrected chi connectivity index (χ2v) is 9.29. The number of carbonyl (C=O) groups is 1. The lowest BCUT2D eigenvalue weighted by Crippen LogP contribution is -2.38. The molecular weight excluding hydrogens is 462 g/mol. The number of benzene rings is 3. The van der Waals surface area contributed by atoms with E-state index in [0.717, 1.165) is 82.7 Å². The maximum atomic E-state index is 11.1. The van der Waals surface area contributed by atoms with Gasteiger partial charge in [-0.15, -0.1) is 11.3 Å². The van der Waals surface area contributed by atoms with Gasteiger partial charge >= 0.3 is 0 Å². The van der Waals surface area contributed by atoms with Crippen molar-refractivity contribution in [2.24, 2.45) is 0 Å². The van der Waals surface area contributed by atoms with Gasteiger partial charge in [0.05, 0.1) is 25.2 Å². The molecule has 1 aliphatic rings. The van der Waals surface area contributed by atoms with Crippen molar-refractivity contribution < 1.29 is 23.7 Å². The summed E-state index contributed by atoms with van der Waals surface area (Å²) in [5.74, 6) is 3.13. The summed E-state index contributed by atoms with van der Waals surface area (Å²) < 4.78 is 24.2. The monoisotopic (exact) mass is 489 g/mol. The number of aldehydes is 1. The Hall–Kier alpha value is -3.39. The summed E-state index contributed by atoms with van der Waals surface area (Å²) in [6, 6.07) is 21.2. The average molecular weight is 490 g/mol. The molecule has 180 valence electrons. The molecule has 0 radical (unpaired) electrons. The van der Waals surface area contributed by atoms with E-state index in [1.807, 2.05) is 66.7 Å². The zero-order valence-corrected chi connectivity index (χ0v) is 20.4. The normalized spacial score (nSPS) is 14.1. The average Bonchev–Trinajstić information content (AvgIpc) is 3.27. The lowest BCUT2D eigenvalue weighted by Gasteiger charge is -2.26. The van der Waals surface area contributed by atoms with E-state index in [-0.39, 0.29) is 0 Å². The molecule has 0 saturated carbocycles. The number of hydrogen-bond acceptors (Lipinski definition) is 7. The highest BCUT2D eigenvalue weighted by molar-refractivity contribution is 7.22.